The topological polar surface area (TPSA) is 73.9 Å². The lowest BCUT2D eigenvalue weighted by molar-refractivity contribution is -0.154. The summed E-state index contributed by atoms with van der Waals surface area (Å²) in [5.41, 5.74) is 1.59. The van der Waals surface area contributed by atoms with Crippen molar-refractivity contribution in [2.24, 2.45) is 5.92 Å². The molecule has 6 heteroatoms. The van der Waals surface area contributed by atoms with Gasteiger partial charge in [0.1, 0.15) is 17.7 Å². The predicted octanol–water partition coefficient (Wildman–Crippen LogP) is 4.91. The van der Waals surface area contributed by atoms with E-state index in [1.807, 2.05) is 67.6 Å². The fourth-order valence-corrected chi connectivity index (χ4v) is 3.10. The molecule has 32 heavy (non-hydrogen) atoms. The zero-order chi connectivity index (χ0) is 23.6. The average molecular weight is 442 g/mol. The van der Waals surface area contributed by atoms with E-state index in [4.69, 9.17) is 14.2 Å². The van der Waals surface area contributed by atoms with Gasteiger partial charge in [0.05, 0.1) is 13.2 Å². The van der Waals surface area contributed by atoms with Gasteiger partial charge in [-0.25, -0.2) is 9.59 Å². The molecule has 0 aromatic heterocycles. The monoisotopic (exact) mass is 441 g/mol. The molecule has 1 amide bonds. The molecule has 0 aliphatic carbocycles. The maximum atomic E-state index is 12.6. The van der Waals surface area contributed by atoms with Crippen LogP contribution in [-0.2, 0) is 32.0 Å². The number of rotatable bonds is 10. The van der Waals surface area contributed by atoms with E-state index in [9.17, 15) is 9.59 Å². The number of benzene rings is 2. The molecule has 6 nitrogen and oxygen atoms in total. The zero-order valence-corrected chi connectivity index (χ0v) is 19.7. The lowest BCUT2D eigenvalue weighted by atomic mass is 9.95. The van der Waals surface area contributed by atoms with Crippen LogP contribution >= 0.6 is 0 Å². The van der Waals surface area contributed by atoms with Crippen molar-refractivity contribution in [3.63, 3.8) is 0 Å². The predicted molar refractivity (Wildman–Crippen MR) is 124 cm³/mol. The summed E-state index contributed by atoms with van der Waals surface area (Å²) >= 11 is 0. The van der Waals surface area contributed by atoms with Crippen LogP contribution in [0.15, 0.2) is 60.7 Å². The molecule has 3 atom stereocenters. The third kappa shape index (κ3) is 9.52. The van der Waals surface area contributed by atoms with Crippen LogP contribution in [0.1, 0.15) is 45.7 Å². The number of carbonyl (C=O) groups is 2. The van der Waals surface area contributed by atoms with Crippen LogP contribution in [0.4, 0.5) is 4.79 Å². The summed E-state index contributed by atoms with van der Waals surface area (Å²) in [6.45, 7) is 9.66. The van der Waals surface area contributed by atoms with Gasteiger partial charge in [-0.05, 0) is 52.2 Å². The third-order valence-corrected chi connectivity index (χ3v) is 4.84. The van der Waals surface area contributed by atoms with Gasteiger partial charge in [-0.3, -0.25) is 0 Å². The van der Waals surface area contributed by atoms with E-state index in [1.54, 1.807) is 27.7 Å². The number of hydrogen-bond donors (Lipinski definition) is 1. The smallest absolute Gasteiger partial charge is 0.408 e. The molecule has 1 N–H and O–H groups in total. The van der Waals surface area contributed by atoms with E-state index in [0.29, 0.717) is 19.6 Å². The van der Waals surface area contributed by atoms with Crippen molar-refractivity contribution >= 4 is 12.1 Å². The number of alkyl carbamates (subject to hydrolysis) is 1. The molecule has 0 aliphatic heterocycles. The van der Waals surface area contributed by atoms with E-state index in [1.165, 1.54) is 0 Å². The lowest BCUT2D eigenvalue weighted by Gasteiger charge is -2.26. The van der Waals surface area contributed by atoms with Gasteiger partial charge in [-0.2, -0.15) is 0 Å². The van der Waals surface area contributed by atoms with Crippen molar-refractivity contribution in [3.05, 3.63) is 71.8 Å². The summed E-state index contributed by atoms with van der Waals surface area (Å²) in [5, 5.41) is 2.53. The maximum absolute atomic E-state index is 12.6. The van der Waals surface area contributed by atoms with E-state index in [0.717, 1.165) is 11.1 Å². The van der Waals surface area contributed by atoms with Crippen molar-refractivity contribution in [1.82, 2.24) is 5.32 Å². The molecular formula is C26H35NO5. The van der Waals surface area contributed by atoms with Gasteiger partial charge in [0.15, 0.2) is 0 Å². The first kappa shape index (κ1) is 25.4. The summed E-state index contributed by atoms with van der Waals surface area (Å²) in [6.07, 6.45) is -0.346. The Labute approximate surface area is 191 Å². The number of ether oxygens (including phenoxy) is 3. The molecule has 2 aromatic carbocycles. The first-order chi connectivity index (χ1) is 15.1. The molecule has 0 aliphatic rings. The van der Waals surface area contributed by atoms with Crippen LogP contribution < -0.4 is 5.32 Å². The quantitative estimate of drug-likeness (QED) is 0.531. The minimum absolute atomic E-state index is 0.0428. The molecule has 0 fully saturated rings. The number of nitrogens with one attached hydrogen (secondary N) is 1. The highest BCUT2D eigenvalue weighted by molar-refractivity contribution is 5.81. The molecule has 0 unspecified atom stereocenters. The summed E-state index contributed by atoms with van der Waals surface area (Å²) < 4.78 is 16.9. The van der Waals surface area contributed by atoms with E-state index >= 15 is 0 Å². The Morgan fingerprint density at radius 2 is 1.47 bits per heavy atom. The summed E-state index contributed by atoms with van der Waals surface area (Å²) in [4.78, 5) is 24.5. The molecule has 174 valence electrons. The van der Waals surface area contributed by atoms with Gasteiger partial charge in [0, 0.05) is 5.92 Å². The van der Waals surface area contributed by atoms with Crippen LogP contribution in [-0.4, -0.2) is 36.4 Å². The fraction of sp³-hybridized carbons (Fsp3) is 0.462. The first-order valence-corrected chi connectivity index (χ1v) is 11.0. The van der Waals surface area contributed by atoms with Crippen LogP contribution in [0, 0.1) is 5.92 Å². The lowest BCUT2D eigenvalue weighted by Crippen LogP contribution is -2.44. The minimum atomic E-state index is -0.824. The van der Waals surface area contributed by atoms with E-state index < -0.39 is 29.8 Å². The molecular weight excluding hydrogens is 406 g/mol. The van der Waals surface area contributed by atoms with E-state index in [-0.39, 0.29) is 5.92 Å². The van der Waals surface area contributed by atoms with Gasteiger partial charge in [0.2, 0.25) is 0 Å². The Morgan fingerprint density at radius 1 is 0.906 bits per heavy atom. The number of amides is 1. The summed E-state index contributed by atoms with van der Waals surface area (Å²) in [6, 6.07) is 19.2. The van der Waals surface area contributed by atoms with E-state index in [2.05, 4.69) is 5.32 Å². The van der Waals surface area contributed by atoms with Crippen molar-refractivity contribution in [2.45, 2.75) is 65.4 Å². The van der Waals surface area contributed by atoms with Crippen LogP contribution in [0.25, 0.3) is 0 Å². The van der Waals surface area contributed by atoms with Crippen molar-refractivity contribution in [3.8, 4) is 0 Å². The highest BCUT2D eigenvalue weighted by Crippen LogP contribution is 2.18. The second kappa shape index (κ2) is 12.2. The van der Waals surface area contributed by atoms with Crippen molar-refractivity contribution in [1.29, 1.82) is 0 Å². The van der Waals surface area contributed by atoms with Crippen LogP contribution in [0.3, 0.4) is 0 Å². The maximum Gasteiger partial charge on any atom is 0.408 e. The van der Waals surface area contributed by atoms with Crippen LogP contribution in [0.5, 0.6) is 0 Å². The van der Waals surface area contributed by atoms with Gasteiger partial charge < -0.3 is 19.5 Å². The molecule has 0 radical (unpaired) electrons. The molecule has 0 saturated heterocycles. The Kier molecular flexibility index (Phi) is 9.72. The molecule has 0 saturated carbocycles. The second-order valence-electron chi connectivity index (χ2n) is 8.96. The van der Waals surface area contributed by atoms with Gasteiger partial charge in [-0.1, -0.05) is 60.7 Å². The van der Waals surface area contributed by atoms with Gasteiger partial charge in [0.25, 0.3) is 0 Å². The molecule has 0 heterocycles. The fourth-order valence-electron chi connectivity index (χ4n) is 3.10. The Bertz CT molecular complexity index is 832. The number of carbonyl (C=O) groups excluding carboxylic acids is 2. The standard InChI is InChI=1S/C26H35NO5/c1-19(27-25(29)32-26(3,4)5)24(28)31-20(2)23(16-21-12-8-6-9-13-21)18-30-17-22-14-10-7-11-15-22/h6-15,19-20,23H,16-18H2,1-5H3,(H,27,29)/t19-,20-,23+/m0/s1. The first-order valence-electron chi connectivity index (χ1n) is 11.0. The normalized spacial score (nSPS) is 14.2. The second-order valence-corrected chi connectivity index (χ2v) is 8.96. The minimum Gasteiger partial charge on any atom is -0.461 e. The SMILES string of the molecule is C[C@H](NC(=O)OC(C)(C)C)C(=O)O[C@@H](C)[C@@H](COCc1ccccc1)Cc1ccccc1. The Hall–Kier alpha value is -2.86. The highest BCUT2D eigenvalue weighted by Gasteiger charge is 2.27. The number of esters is 1. The van der Waals surface area contributed by atoms with Gasteiger partial charge >= 0.3 is 12.1 Å². The largest absolute Gasteiger partial charge is 0.461 e. The third-order valence-electron chi connectivity index (χ3n) is 4.84. The van der Waals surface area contributed by atoms with Gasteiger partial charge in [-0.15, -0.1) is 0 Å². The summed E-state index contributed by atoms with van der Waals surface area (Å²) in [7, 11) is 0. The van der Waals surface area contributed by atoms with Crippen LogP contribution in [0.2, 0.25) is 0 Å². The Balaban J connectivity index is 1.95. The zero-order valence-electron chi connectivity index (χ0n) is 19.7. The highest BCUT2D eigenvalue weighted by atomic mass is 16.6. The van der Waals surface area contributed by atoms with Crippen molar-refractivity contribution in [2.75, 3.05) is 6.61 Å². The summed E-state index contributed by atoms with van der Waals surface area (Å²) in [5.74, 6) is -0.553. The molecule has 0 spiro atoms. The molecule has 2 aromatic rings. The Morgan fingerprint density at radius 3 is 2.03 bits per heavy atom. The average Bonchev–Trinajstić information content (AvgIpc) is 2.73. The van der Waals surface area contributed by atoms with Crippen molar-refractivity contribution < 1.29 is 23.8 Å². The molecule has 0 bridgehead atoms. The number of hydrogen-bond acceptors (Lipinski definition) is 5. The molecule has 2 rings (SSSR count).